The molecule has 108 valence electrons. The van der Waals surface area contributed by atoms with Gasteiger partial charge >= 0.3 is 0 Å². The quantitative estimate of drug-likeness (QED) is 0.648. The van der Waals surface area contributed by atoms with E-state index in [-0.39, 0.29) is 5.60 Å². The SMILES string of the molecule is CCc1ccc(OC)c(CCCCC(C)(C)OC)c1. The Kier molecular flexibility index (Phi) is 6.36. The largest absolute Gasteiger partial charge is 0.496 e. The summed E-state index contributed by atoms with van der Waals surface area (Å²) in [6.45, 7) is 6.48. The topological polar surface area (TPSA) is 18.5 Å². The molecule has 0 amide bonds. The first kappa shape index (κ1) is 16.0. The highest BCUT2D eigenvalue weighted by molar-refractivity contribution is 5.37. The number of hydrogen-bond donors (Lipinski definition) is 0. The molecule has 1 aromatic carbocycles. The first-order chi connectivity index (χ1) is 9.02. The van der Waals surface area contributed by atoms with Crippen LogP contribution < -0.4 is 4.74 Å². The number of hydrogen-bond acceptors (Lipinski definition) is 2. The van der Waals surface area contributed by atoms with E-state index in [1.165, 1.54) is 24.0 Å². The van der Waals surface area contributed by atoms with Gasteiger partial charge in [0.1, 0.15) is 5.75 Å². The van der Waals surface area contributed by atoms with Crippen molar-refractivity contribution in [1.29, 1.82) is 0 Å². The molecule has 1 aromatic rings. The Morgan fingerprint density at radius 2 is 1.84 bits per heavy atom. The average Bonchev–Trinajstić information content (AvgIpc) is 2.43. The second-order valence-corrected chi connectivity index (χ2v) is 5.67. The fraction of sp³-hybridized carbons (Fsp3) is 0.647. The Bertz CT molecular complexity index is 383. The molecule has 0 unspecified atom stereocenters. The van der Waals surface area contributed by atoms with Crippen molar-refractivity contribution in [1.82, 2.24) is 0 Å². The third kappa shape index (κ3) is 5.23. The molecule has 0 atom stereocenters. The highest BCUT2D eigenvalue weighted by atomic mass is 16.5. The molecule has 0 fully saturated rings. The van der Waals surface area contributed by atoms with Crippen molar-refractivity contribution in [2.75, 3.05) is 14.2 Å². The normalized spacial score (nSPS) is 11.6. The van der Waals surface area contributed by atoms with Crippen LogP contribution in [0.25, 0.3) is 0 Å². The summed E-state index contributed by atoms with van der Waals surface area (Å²) in [5.41, 5.74) is 2.71. The first-order valence-corrected chi connectivity index (χ1v) is 7.23. The van der Waals surface area contributed by atoms with E-state index in [1.54, 1.807) is 14.2 Å². The van der Waals surface area contributed by atoms with Crippen LogP contribution in [-0.2, 0) is 17.6 Å². The Morgan fingerprint density at radius 1 is 1.11 bits per heavy atom. The third-order valence-electron chi connectivity index (χ3n) is 3.78. The molecule has 0 aliphatic rings. The monoisotopic (exact) mass is 264 g/mol. The van der Waals surface area contributed by atoms with Gasteiger partial charge in [0.15, 0.2) is 0 Å². The fourth-order valence-corrected chi connectivity index (χ4v) is 2.22. The van der Waals surface area contributed by atoms with E-state index < -0.39 is 0 Å². The lowest BCUT2D eigenvalue weighted by molar-refractivity contribution is 0.0135. The smallest absolute Gasteiger partial charge is 0.122 e. The van der Waals surface area contributed by atoms with E-state index in [0.29, 0.717) is 0 Å². The number of benzene rings is 1. The van der Waals surface area contributed by atoms with Gasteiger partial charge in [0.05, 0.1) is 12.7 Å². The van der Waals surface area contributed by atoms with Gasteiger partial charge in [-0.2, -0.15) is 0 Å². The number of rotatable bonds is 8. The molecular weight excluding hydrogens is 236 g/mol. The van der Waals surface area contributed by atoms with E-state index >= 15 is 0 Å². The van der Waals surface area contributed by atoms with Crippen LogP contribution in [0.2, 0.25) is 0 Å². The fourth-order valence-electron chi connectivity index (χ4n) is 2.22. The summed E-state index contributed by atoms with van der Waals surface area (Å²) in [7, 11) is 3.53. The molecule has 0 saturated heterocycles. The summed E-state index contributed by atoms with van der Waals surface area (Å²) in [5.74, 6) is 1.02. The van der Waals surface area contributed by atoms with Crippen LogP contribution in [0.1, 0.15) is 51.2 Å². The highest BCUT2D eigenvalue weighted by Crippen LogP contribution is 2.24. The molecule has 0 N–H and O–H groups in total. The Labute approximate surface area is 118 Å². The zero-order valence-corrected chi connectivity index (χ0v) is 13.1. The number of aryl methyl sites for hydroxylation is 2. The van der Waals surface area contributed by atoms with Crippen molar-refractivity contribution >= 4 is 0 Å². The molecule has 0 aliphatic carbocycles. The van der Waals surface area contributed by atoms with Crippen LogP contribution in [0, 0.1) is 0 Å². The van der Waals surface area contributed by atoms with E-state index in [1.807, 2.05) is 0 Å². The predicted octanol–water partition coefficient (Wildman–Crippen LogP) is 4.40. The summed E-state index contributed by atoms with van der Waals surface area (Å²) in [4.78, 5) is 0. The summed E-state index contributed by atoms with van der Waals surface area (Å²) in [6.07, 6.45) is 5.61. The second-order valence-electron chi connectivity index (χ2n) is 5.67. The molecular formula is C17H28O2. The molecule has 0 aliphatic heterocycles. The highest BCUT2D eigenvalue weighted by Gasteiger charge is 2.15. The summed E-state index contributed by atoms with van der Waals surface area (Å²) in [5, 5.41) is 0. The number of methoxy groups -OCH3 is 2. The standard InChI is InChI=1S/C17H28O2/c1-6-14-10-11-16(18-4)15(13-14)9-7-8-12-17(2,3)19-5/h10-11,13H,6-9,12H2,1-5H3. The zero-order chi connectivity index (χ0) is 14.3. The molecule has 0 spiro atoms. The maximum absolute atomic E-state index is 5.45. The van der Waals surface area contributed by atoms with Gasteiger partial charge in [-0.05, 0) is 56.7 Å². The van der Waals surface area contributed by atoms with Crippen molar-refractivity contribution in [2.24, 2.45) is 0 Å². The molecule has 0 radical (unpaired) electrons. The average molecular weight is 264 g/mol. The van der Waals surface area contributed by atoms with Gasteiger partial charge in [-0.3, -0.25) is 0 Å². The van der Waals surface area contributed by atoms with Crippen molar-refractivity contribution in [3.05, 3.63) is 29.3 Å². The van der Waals surface area contributed by atoms with Crippen molar-refractivity contribution in [3.63, 3.8) is 0 Å². The predicted molar refractivity (Wildman–Crippen MR) is 81.0 cm³/mol. The van der Waals surface area contributed by atoms with E-state index in [2.05, 4.69) is 39.0 Å². The Hall–Kier alpha value is -1.02. The molecule has 0 saturated carbocycles. The summed E-state index contributed by atoms with van der Waals surface area (Å²) in [6, 6.07) is 6.52. The van der Waals surface area contributed by atoms with Crippen LogP contribution >= 0.6 is 0 Å². The molecule has 0 aromatic heterocycles. The Morgan fingerprint density at radius 3 is 2.42 bits per heavy atom. The zero-order valence-electron chi connectivity index (χ0n) is 13.1. The minimum Gasteiger partial charge on any atom is -0.496 e. The minimum absolute atomic E-state index is 0.00461. The van der Waals surface area contributed by atoms with Gasteiger partial charge in [0.25, 0.3) is 0 Å². The van der Waals surface area contributed by atoms with Gasteiger partial charge in [-0.25, -0.2) is 0 Å². The maximum atomic E-state index is 5.45. The van der Waals surface area contributed by atoms with Crippen LogP contribution in [0.3, 0.4) is 0 Å². The molecule has 2 heteroatoms. The molecule has 0 bridgehead atoms. The van der Waals surface area contributed by atoms with E-state index in [4.69, 9.17) is 9.47 Å². The van der Waals surface area contributed by atoms with E-state index in [9.17, 15) is 0 Å². The van der Waals surface area contributed by atoms with Gasteiger partial charge in [0, 0.05) is 7.11 Å². The lowest BCUT2D eigenvalue weighted by atomic mass is 9.97. The van der Waals surface area contributed by atoms with E-state index in [0.717, 1.165) is 25.0 Å². The van der Waals surface area contributed by atoms with Gasteiger partial charge in [0.2, 0.25) is 0 Å². The minimum atomic E-state index is -0.00461. The molecule has 2 nitrogen and oxygen atoms in total. The Balaban J connectivity index is 2.52. The van der Waals surface area contributed by atoms with Gasteiger partial charge in [-0.15, -0.1) is 0 Å². The number of ether oxygens (including phenoxy) is 2. The third-order valence-corrected chi connectivity index (χ3v) is 3.78. The summed E-state index contributed by atoms with van der Waals surface area (Å²) >= 11 is 0. The lowest BCUT2D eigenvalue weighted by Crippen LogP contribution is -2.21. The van der Waals surface area contributed by atoms with Crippen molar-refractivity contribution in [3.8, 4) is 5.75 Å². The molecule has 19 heavy (non-hydrogen) atoms. The molecule has 1 rings (SSSR count). The van der Waals surface area contributed by atoms with Crippen LogP contribution in [0.15, 0.2) is 18.2 Å². The maximum Gasteiger partial charge on any atom is 0.122 e. The lowest BCUT2D eigenvalue weighted by Gasteiger charge is -2.22. The van der Waals surface area contributed by atoms with Gasteiger partial charge in [-0.1, -0.05) is 25.5 Å². The first-order valence-electron chi connectivity index (χ1n) is 7.23. The second kappa shape index (κ2) is 7.54. The molecule has 0 heterocycles. The van der Waals surface area contributed by atoms with Crippen molar-refractivity contribution in [2.45, 2.75) is 58.5 Å². The van der Waals surface area contributed by atoms with Gasteiger partial charge < -0.3 is 9.47 Å². The van der Waals surface area contributed by atoms with Crippen LogP contribution in [-0.4, -0.2) is 19.8 Å². The van der Waals surface area contributed by atoms with Crippen LogP contribution in [0.5, 0.6) is 5.75 Å². The van der Waals surface area contributed by atoms with Crippen LogP contribution in [0.4, 0.5) is 0 Å². The number of unbranched alkanes of at least 4 members (excludes halogenated alkanes) is 1. The summed E-state index contributed by atoms with van der Waals surface area (Å²) < 4.78 is 10.9. The van der Waals surface area contributed by atoms with Crippen molar-refractivity contribution < 1.29 is 9.47 Å².